The van der Waals surface area contributed by atoms with Crippen LogP contribution in [-0.4, -0.2) is 37.3 Å². The fourth-order valence-electron chi connectivity index (χ4n) is 3.31. The van der Waals surface area contributed by atoms with E-state index in [2.05, 4.69) is 20.8 Å². The first-order valence-electron chi connectivity index (χ1n) is 10.9. The van der Waals surface area contributed by atoms with E-state index in [0.717, 1.165) is 11.1 Å². The molecule has 182 valence electrons. The summed E-state index contributed by atoms with van der Waals surface area (Å²) < 4.78 is 1.81. The largest absolute Gasteiger partial charge is 0.351 e. The number of carbonyl (C=O) groups is 2. The van der Waals surface area contributed by atoms with E-state index in [1.807, 2.05) is 37.4 Å². The first-order chi connectivity index (χ1) is 17.4. The van der Waals surface area contributed by atoms with Gasteiger partial charge in [0, 0.05) is 42.5 Å². The maximum absolute atomic E-state index is 12.4. The number of nitro groups is 1. The Balaban J connectivity index is 1.33. The Morgan fingerprint density at radius 2 is 1.67 bits per heavy atom. The van der Waals surface area contributed by atoms with Crippen molar-refractivity contribution < 1.29 is 14.5 Å². The maximum atomic E-state index is 12.4. The quantitative estimate of drug-likeness (QED) is 0.200. The van der Waals surface area contributed by atoms with Crippen LogP contribution in [0, 0.1) is 10.1 Å². The molecule has 1 heterocycles. The summed E-state index contributed by atoms with van der Waals surface area (Å²) in [6.45, 7) is 0.470. The number of benzene rings is 3. The molecule has 4 aromatic rings. The molecule has 11 heteroatoms. The lowest BCUT2D eigenvalue weighted by molar-refractivity contribution is -0.384. The number of thioether (sulfide) groups is 1. The number of non-ortho nitro benzene ring substituents is 1. The highest BCUT2D eigenvalue weighted by Crippen LogP contribution is 2.24. The molecule has 10 nitrogen and oxygen atoms in total. The summed E-state index contributed by atoms with van der Waals surface area (Å²) in [5.41, 5.74) is 2.62. The second-order valence-corrected chi connectivity index (χ2v) is 8.69. The van der Waals surface area contributed by atoms with Crippen molar-refractivity contribution in [2.24, 2.45) is 7.05 Å². The summed E-state index contributed by atoms with van der Waals surface area (Å²) in [6.07, 6.45) is 0. The van der Waals surface area contributed by atoms with E-state index in [0.29, 0.717) is 28.8 Å². The van der Waals surface area contributed by atoms with E-state index < -0.39 is 4.92 Å². The Labute approximate surface area is 210 Å². The third-order valence-electron chi connectivity index (χ3n) is 5.24. The minimum Gasteiger partial charge on any atom is -0.351 e. The first-order valence-corrected chi connectivity index (χ1v) is 11.9. The molecule has 0 unspecified atom stereocenters. The molecule has 0 aliphatic heterocycles. The standard InChI is InChI=1S/C25H22N6O4S/c1-30-23(28-29-25(30)36-16-22(32)26-15-17-5-3-2-4-6-17)18-7-11-20(12-8-18)27-24(33)19-9-13-21(14-10-19)31(34)35/h2-14H,15-16H2,1H3,(H,26,32)(H,27,33). The molecule has 0 aliphatic carbocycles. The van der Waals surface area contributed by atoms with Crippen LogP contribution in [0.5, 0.6) is 0 Å². The lowest BCUT2D eigenvalue weighted by Gasteiger charge is -2.08. The zero-order valence-corrected chi connectivity index (χ0v) is 20.1. The van der Waals surface area contributed by atoms with Crippen LogP contribution in [0.25, 0.3) is 11.4 Å². The summed E-state index contributed by atoms with van der Waals surface area (Å²) in [5.74, 6) is 0.365. The van der Waals surface area contributed by atoms with Crippen LogP contribution in [0.2, 0.25) is 0 Å². The molecule has 36 heavy (non-hydrogen) atoms. The molecule has 0 spiro atoms. The molecule has 0 radical (unpaired) electrons. The summed E-state index contributed by atoms with van der Waals surface area (Å²) in [7, 11) is 1.82. The predicted molar refractivity (Wildman–Crippen MR) is 137 cm³/mol. The Kier molecular flexibility index (Phi) is 7.71. The smallest absolute Gasteiger partial charge is 0.269 e. The fourth-order valence-corrected chi connectivity index (χ4v) is 4.05. The molecule has 4 rings (SSSR count). The minimum absolute atomic E-state index is 0.0788. The molecular formula is C25H22N6O4S. The number of hydrogen-bond donors (Lipinski definition) is 2. The average Bonchev–Trinajstić information content (AvgIpc) is 3.27. The zero-order chi connectivity index (χ0) is 25.5. The molecule has 1 aromatic heterocycles. The molecule has 0 saturated carbocycles. The van der Waals surface area contributed by atoms with E-state index in [-0.39, 0.29) is 23.3 Å². The number of nitrogens with one attached hydrogen (secondary N) is 2. The third-order valence-corrected chi connectivity index (χ3v) is 6.26. The normalized spacial score (nSPS) is 10.6. The van der Waals surface area contributed by atoms with Gasteiger partial charge in [0.15, 0.2) is 11.0 Å². The number of carbonyl (C=O) groups excluding carboxylic acids is 2. The summed E-state index contributed by atoms with van der Waals surface area (Å²) >= 11 is 1.30. The van der Waals surface area contributed by atoms with Gasteiger partial charge in [-0.15, -0.1) is 10.2 Å². The van der Waals surface area contributed by atoms with Crippen molar-refractivity contribution in [2.45, 2.75) is 11.7 Å². The third kappa shape index (κ3) is 6.13. The highest BCUT2D eigenvalue weighted by Gasteiger charge is 2.14. The van der Waals surface area contributed by atoms with Crippen molar-refractivity contribution >= 4 is 35.0 Å². The number of anilines is 1. The van der Waals surface area contributed by atoms with Gasteiger partial charge in [-0.05, 0) is 42.0 Å². The van der Waals surface area contributed by atoms with Gasteiger partial charge in [-0.25, -0.2) is 0 Å². The first kappa shape index (κ1) is 24.6. The second-order valence-electron chi connectivity index (χ2n) is 7.75. The topological polar surface area (TPSA) is 132 Å². The van der Waals surface area contributed by atoms with E-state index in [9.17, 15) is 19.7 Å². The molecule has 3 aromatic carbocycles. The van der Waals surface area contributed by atoms with Gasteiger partial charge in [0.1, 0.15) is 0 Å². The van der Waals surface area contributed by atoms with E-state index in [4.69, 9.17) is 0 Å². The van der Waals surface area contributed by atoms with Gasteiger partial charge in [-0.1, -0.05) is 42.1 Å². The molecule has 0 saturated heterocycles. The molecule has 0 atom stereocenters. The summed E-state index contributed by atoms with van der Waals surface area (Å²) in [6, 6.07) is 22.1. The number of aromatic nitrogens is 3. The van der Waals surface area contributed by atoms with E-state index in [1.165, 1.54) is 36.0 Å². The highest BCUT2D eigenvalue weighted by atomic mass is 32.2. The predicted octanol–water partition coefficient (Wildman–Crippen LogP) is 4.05. The average molecular weight is 503 g/mol. The molecular weight excluding hydrogens is 480 g/mol. The van der Waals surface area contributed by atoms with Crippen LogP contribution >= 0.6 is 11.8 Å². The van der Waals surface area contributed by atoms with Gasteiger partial charge in [0.2, 0.25) is 5.91 Å². The summed E-state index contributed by atoms with van der Waals surface area (Å²) in [5, 5.41) is 25.4. The Morgan fingerprint density at radius 1 is 0.972 bits per heavy atom. The van der Waals surface area contributed by atoms with Crippen LogP contribution in [-0.2, 0) is 18.4 Å². The number of nitrogens with zero attached hydrogens (tertiary/aromatic N) is 4. The van der Waals surface area contributed by atoms with E-state index >= 15 is 0 Å². The van der Waals surface area contributed by atoms with Gasteiger partial charge >= 0.3 is 0 Å². The number of amides is 2. The Morgan fingerprint density at radius 3 is 2.33 bits per heavy atom. The number of hydrogen-bond acceptors (Lipinski definition) is 7. The maximum Gasteiger partial charge on any atom is 0.269 e. The lowest BCUT2D eigenvalue weighted by Crippen LogP contribution is -2.24. The van der Waals surface area contributed by atoms with Gasteiger partial charge < -0.3 is 15.2 Å². The van der Waals surface area contributed by atoms with Crippen LogP contribution < -0.4 is 10.6 Å². The van der Waals surface area contributed by atoms with Crippen LogP contribution in [0.15, 0.2) is 84.0 Å². The van der Waals surface area contributed by atoms with Gasteiger partial charge in [0.25, 0.3) is 11.6 Å². The molecule has 0 aliphatic rings. The summed E-state index contributed by atoms with van der Waals surface area (Å²) in [4.78, 5) is 34.9. The van der Waals surface area contributed by atoms with Crippen molar-refractivity contribution in [3.63, 3.8) is 0 Å². The van der Waals surface area contributed by atoms with Crippen molar-refractivity contribution in [1.29, 1.82) is 0 Å². The Hall–Kier alpha value is -4.51. The molecule has 0 bridgehead atoms. The monoisotopic (exact) mass is 502 g/mol. The van der Waals surface area contributed by atoms with Gasteiger partial charge in [0.05, 0.1) is 10.7 Å². The van der Waals surface area contributed by atoms with Gasteiger partial charge in [-0.2, -0.15) is 0 Å². The van der Waals surface area contributed by atoms with Crippen molar-refractivity contribution in [2.75, 3.05) is 11.1 Å². The highest BCUT2D eigenvalue weighted by molar-refractivity contribution is 7.99. The minimum atomic E-state index is -0.516. The van der Waals surface area contributed by atoms with E-state index in [1.54, 1.807) is 28.8 Å². The fraction of sp³-hybridized carbons (Fsp3) is 0.120. The van der Waals surface area contributed by atoms with Crippen LogP contribution in [0.3, 0.4) is 0 Å². The van der Waals surface area contributed by atoms with Crippen LogP contribution in [0.4, 0.5) is 11.4 Å². The Bertz CT molecular complexity index is 1370. The number of nitro benzene ring substituents is 1. The van der Waals surface area contributed by atoms with Crippen molar-refractivity contribution in [1.82, 2.24) is 20.1 Å². The lowest BCUT2D eigenvalue weighted by atomic mass is 10.1. The molecule has 2 amide bonds. The second kappa shape index (κ2) is 11.3. The zero-order valence-electron chi connectivity index (χ0n) is 19.2. The van der Waals surface area contributed by atoms with Crippen molar-refractivity contribution in [3.05, 3.63) is 100 Å². The van der Waals surface area contributed by atoms with Crippen molar-refractivity contribution in [3.8, 4) is 11.4 Å². The molecule has 0 fully saturated rings. The molecule has 2 N–H and O–H groups in total. The van der Waals surface area contributed by atoms with Crippen LogP contribution in [0.1, 0.15) is 15.9 Å². The number of rotatable bonds is 9. The van der Waals surface area contributed by atoms with Gasteiger partial charge in [-0.3, -0.25) is 19.7 Å². The SMILES string of the molecule is Cn1c(SCC(=O)NCc2ccccc2)nnc1-c1ccc(NC(=O)c2ccc([N+](=O)[O-])cc2)cc1.